The molecule has 7 nitrogen and oxygen atoms in total. The first-order valence-electron chi connectivity index (χ1n) is 11.0. The van der Waals surface area contributed by atoms with E-state index in [0.717, 1.165) is 43.4 Å². The number of rotatable bonds is 4. The standard InChI is InChI=1S/C22H21F4N7/c23-13-6-15-18(16(24)7-13)30-21(27)33-20(15)29-17(31-33)2-1-11-3-4-32-14(5-11)10-28-19(32)12-8-22(25,26)9-12/h6-7,10-12H,1-5,8-9H2,(H2,27,30). The SMILES string of the molecule is Nc1nc2c(F)cc(F)cc2c2nc(CCC3CCn4c(cnc4C4CC(F)(F)C4)C3)nn12. The maximum atomic E-state index is 14.1. The average molecular weight is 459 g/mol. The molecule has 1 fully saturated rings. The number of fused-ring (bicyclic) bond motifs is 4. The van der Waals surface area contributed by atoms with Crippen LogP contribution in [0.1, 0.15) is 48.9 Å². The van der Waals surface area contributed by atoms with Crippen molar-refractivity contribution >= 4 is 22.5 Å². The lowest BCUT2D eigenvalue weighted by Crippen LogP contribution is -2.36. The van der Waals surface area contributed by atoms with Crippen LogP contribution in [0.25, 0.3) is 16.6 Å². The molecule has 1 unspecified atom stereocenters. The van der Waals surface area contributed by atoms with Gasteiger partial charge in [0, 0.05) is 49.7 Å². The van der Waals surface area contributed by atoms with Crippen molar-refractivity contribution in [1.82, 2.24) is 29.1 Å². The minimum Gasteiger partial charge on any atom is -0.368 e. The summed E-state index contributed by atoms with van der Waals surface area (Å²) in [6.45, 7) is 0.760. The summed E-state index contributed by atoms with van der Waals surface area (Å²) in [5.41, 5.74) is 7.23. The van der Waals surface area contributed by atoms with Crippen LogP contribution in [-0.4, -0.2) is 35.1 Å². The van der Waals surface area contributed by atoms with Crippen molar-refractivity contribution in [2.45, 2.75) is 56.9 Å². The fourth-order valence-corrected chi connectivity index (χ4v) is 5.11. The summed E-state index contributed by atoms with van der Waals surface area (Å²) in [6.07, 6.45) is 4.68. The number of nitrogens with zero attached hydrogens (tertiary/aromatic N) is 6. The Kier molecular flexibility index (Phi) is 4.40. The van der Waals surface area contributed by atoms with Gasteiger partial charge in [0.2, 0.25) is 11.9 Å². The molecule has 0 radical (unpaired) electrons. The molecule has 0 saturated heterocycles. The van der Waals surface area contributed by atoms with Gasteiger partial charge in [-0.2, -0.15) is 4.52 Å². The largest absolute Gasteiger partial charge is 0.368 e. The van der Waals surface area contributed by atoms with Gasteiger partial charge in [0.25, 0.3) is 0 Å². The van der Waals surface area contributed by atoms with Crippen molar-refractivity contribution < 1.29 is 17.6 Å². The Hall–Kier alpha value is -3.24. The molecule has 172 valence electrons. The zero-order chi connectivity index (χ0) is 22.9. The van der Waals surface area contributed by atoms with E-state index in [1.54, 1.807) is 0 Å². The van der Waals surface area contributed by atoms with Crippen LogP contribution in [0.3, 0.4) is 0 Å². The second-order valence-electron chi connectivity index (χ2n) is 9.14. The molecule has 1 aromatic carbocycles. The van der Waals surface area contributed by atoms with Gasteiger partial charge < -0.3 is 10.3 Å². The fourth-order valence-electron chi connectivity index (χ4n) is 5.11. The zero-order valence-corrected chi connectivity index (χ0v) is 17.6. The lowest BCUT2D eigenvalue weighted by atomic mass is 9.80. The van der Waals surface area contributed by atoms with Gasteiger partial charge in [-0.15, -0.1) is 5.10 Å². The van der Waals surface area contributed by atoms with Crippen LogP contribution in [0.2, 0.25) is 0 Å². The van der Waals surface area contributed by atoms with E-state index >= 15 is 0 Å². The first-order chi connectivity index (χ1) is 15.8. The lowest BCUT2D eigenvalue weighted by molar-refractivity contribution is -0.0892. The van der Waals surface area contributed by atoms with Crippen molar-refractivity contribution in [3.05, 3.63) is 47.3 Å². The second kappa shape index (κ2) is 7.13. The van der Waals surface area contributed by atoms with Gasteiger partial charge in [-0.3, -0.25) is 0 Å². The van der Waals surface area contributed by atoms with Gasteiger partial charge in [0.1, 0.15) is 17.2 Å². The summed E-state index contributed by atoms with van der Waals surface area (Å²) in [7, 11) is 0. The molecule has 2 aliphatic rings. The molecule has 0 spiro atoms. The van der Waals surface area contributed by atoms with Crippen LogP contribution in [0.4, 0.5) is 23.5 Å². The van der Waals surface area contributed by atoms with Crippen molar-refractivity contribution in [2.24, 2.45) is 5.92 Å². The number of nitrogens with two attached hydrogens (primary N) is 1. The first kappa shape index (κ1) is 20.4. The average Bonchev–Trinajstić information content (AvgIpc) is 3.36. The highest BCUT2D eigenvalue weighted by Gasteiger charge is 2.48. The summed E-state index contributed by atoms with van der Waals surface area (Å²) in [5.74, 6) is -2.57. The number of halogens is 4. The molecular weight excluding hydrogens is 438 g/mol. The van der Waals surface area contributed by atoms with Crippen molar-refractivity contribution in [2.75, 3.05) is 5.73 Å². The molecule has 1 aliphatic carbocycles. The molecule has 1 atom stereocenters. The van der Waals surface area contributed by atoms with Gasteiger partial charge in [-0.1, -0.05) is 0 Å². The van der Waals surface area contributed by atoms with Gasteiger partial charge in [0.15, 0.2) is 17.3 Å². The number of hydrogen-bond donors (Lipinski definition) is 1. The highest BCUT2D eigenvalue weighted by molar-refractivity contribution is 5.92. The predicted octanol–water partition coefficient (Wildman–Crippen LogP) is 4.04. The molecule has 33 heavy (non-hydrogen) atoms. The van der Waals surface area contributed by atoms with E-state index in [4.69, 9.17) is 5.73 Å². The van der Waals surface area contributed by atoms with E-state index < -0.39 is 17.6 Å². The Morgan fingerprint density at radius 1 is 1.15 bits per heavy atom. The molecular formula is C22H21F4N7. The molecule has 6 rings (SSSR count). The molecule has 1 aliphatic heterocycles. The number of aromatic nitrogens is 6. The number of imidazole rings is 1. The van der Waals surface area contributed by atoms with Crippen molar-refractivity contribution in [3.63, 3.8) is 0 Å². The number of nitrogen functional groups attached to an aromatic ring is 1. The highest BCUT2D eigenvalue weighted by atomic mass is 19.3. The maximum Gasteiger partial charge on any atom is 0.249 e. The Morgan fingerprint density at radius 2 is 1.97 bits per heavy atom. The molecule has 0 bridgehead atoms. The van der Waals surface area contributed by atoms with Crippen molar-refractivity contribution in [3.8, 4) is 0 Å². The van der Waals surface area contributed by atoms with E-state index in [0.29, 0.717) is 18.2 Å². The van der Waals surface area contributed by atoms with E-state index in [1.165, 1.54) is 10.6 Å². The zero-order valence-electron chi connectivity index (χ0n) is 17.6. The van der Waals surface area contributed by atoms with Gasteiger partial charge >= 0.3 is 0 Å². The van der Waals surface area contributed by atoms with Crippen LogP contribution < -0.4 is 5.73 Å². The minimum atomic E-state index is -2.56. The molecule has 4 heterocycles. The van der Waals surface area contributed by atoms with Crippen LogP contribution >= 0.6 is 0 Å². The third kappa shape index (κ3) is 3.41. The van der Waals surface area contributed by atoms with Crippen LogP contribution in [0, 0.1) is 17.6 Å². The molecule has 1 saturated carbocycles. The van der Waals surface area contributed by atoms with Gasteiger partial charge in [-0.25, -0.2) is 32.5 Å². The minimum absolute atomic E-state index is 0.0163. The molecule has 2 N–H and O–H groups in total. The molecule has 0 amide bonds. The first-order valence-corrected chi connectivity index (χ1v) is 11.0. The molecule has 3 aromatic heterocycles. The van der Waals surface area contributed by atoms with E-state index in [9.17, 15) is 17.6 Å². The van der Waals surface area contributed by atoms with E-state index in [-0.39, 0.29) is 41.3 Å². The second-order valence-corrected chi connectivity index (χ2v) is 9.14. The Balaban J connectivity index is 1.19. The quantitative estimate of drug-likeness (QED) is 0.466. The third-order valence-electron chi connectivity index (χ3n) is 6.82. The Labute approximate surface area is 185 Å². The van der Waals surface area contributed by atoms with Gasteiger partial charge in [-0.05, 0) is 31.2 Å². The highest BCUT2D eigenvalue weighted by Crippen LogP contribution is 2.48. The van der Waals surface area contributed by atoms with E-state index in [1.807, 2.05) is 6.20 Å². The van der Waals surface area contributed by atoms with Crippen LogP contribution in [0.5, 0.6) is 0 Å². The monoisotopic (exact) mass is 459 g/mol. The van der Waals surface area contributed by atoms with Crippen LogP contribution in [-0.2, 0) is 19.4 Å². The maximum absolute atomic E-state index is 14.1. The lowest BCUT2D eigenvalue weighted by Gasteiger charge is -2.35. The summed E-state index contributed by atoms with van der Waals surface area (Å²) in [5, 5.41) is 4.61. The third-order valence-corrected chi connectivity index (χ3v) is 6.82. The Bertz CT molecular complexity index is 1380. The predicted molar refractivity (Wildman–Crippen MR) is 112 cm³/mol. The topological polar surface area (TPSA) is 86.9 Å². The number of alkyl halides is 2. The molecule has 4 aromatic rings. The van der Waals surface area contributed by atoms with Crippen LogP contribution in [0.15, 0.2) is 18.3 Å². The smallest absolute Gasteiger partial charge is 0.249 e. The van der Waals surface area contributed by atoms with Crippen molar-refractivity contribution in [1.29, 1.82) is 0 Å². The number of anilines is 1. The summed E-state index contributed by atoms with van der Waals surface area (Å²) in [6, 6.07) is 1.94. The summed E-state index contributed by atoms with van der Waals surface area (Å²) < 4.78 is 57.8. The number of aryl methyl sites for hydroxylation is 1. The van der Waals surface area contributed by atoms with Gasteiger partial charge in [0.05, 0.1) is 5.39 Å². The summed E-state index contributed by atoms with van der Waals surface area (Å²) in [4.78, 5) is 12.9. The molecule has 11 heteroatoms. The summed E-state index contributed by atoms with van der Waals surface area (Å²) >= 11 is 0. The normalized spacial score (nSPS) is 20.3. The fraction of sp³-hybridized carbons (Fsp3) is 0.455. The number of benzene rings is 1. The Morgan fingerprint density at radius 3 is 2.76 bits per heavy atom. The number of hydrogen-bond acceptors (Lipinski definition) is 5. The van der Waals surface area contributed by atoms with E-state index in [2.05, 4.69) is 24.6 Å².